The molecule has 1 aromatic heterocycles. The Balaban J connectivity index is 1.93. The molecule has 21 heavy (non-hydrogen) atoms. The molecule has 4 heteroatoms. The van der Waals surface area contributed by atoms with E-state index in [0.29, 0.717) is 12.1 Å². The van der Waals surface area contributed by atoms with E-state index in [9.17, 15) is 4.79 Å². The highest BCUT2D eigenvalue weighted by Gasteiger charge is 2.05. The minimum absolute atomic E-state index is 0.0663. The summed E-state index contributed by atoms with van der Waals surface area (Å²) in [4.78, 5) is 18.6. The first-order chi connectivity index (χ1) is 10.2. The largest absolute Gasteiger partial charge is 0.357 e. The van der Waals surface area contributed by atoms with Crippen LogP contribution in [-0.4, -0.2) is 24.0 Å². The quantitative estimate of drug-likeness (QED) is 0.886. The van der Waals surface area contributed by atoms with Crippen molar-refractivity contribution in [3.05, 3.63) is 59.8 Å². The maximum Gasteiger partial charge on any atom is 0.251 e. The van der Waals surface area contributed by atoms with Crippen LogP contribution >= 0.6 is 0 Å². The van der Waals surface area contributed by atoms with Crippen LogP contribution in [0.2, 0.25) is 0 Å². The van der Waals surface area contributed by atoms with Crippen LogP contribution in [0.25, 0.3) is 0 Å². The van der Waals surface area contributed by atoms with E-state index in [2.05, 4.69) is 29.0 Å². The van der Waals surface area contributed by atoms with Gasteiger partial charge in [-0.05, 0) is 37.6 Å². The zero-order valence-electron chi connectivity index (χ0n) is 12.5. The van der Waals surface area contributed by atoms with E-state index in [1.165, 1.54) is 0 Å². The van der Waals surface area contributed by atoms with Crippen LogP contribution in [0.1, 0.15) is 29.8 Å². The van der Waals surface area contributed by atoms with Crippen LogP contribution in [0.5, 0.6) is 0 Å². The summed E-state index contributed by atoms with van der Waals surface area (Å²) in [6.45, 7) is 6.58. The van der Waals surface area contributed by atoms with Crippen molar-refractivity contribution in [1.29, 1.82) is 0 Å². The van der Waals surface area contributed by atoms with Crippen molar-refractivity contribution in [2.45, 2.75) is 20.4 Å². The van der Waals surface area contributed by atoms with Crippen LogP contribution < -0.4 is 10.2 Å². The van der Waals surface area contributed by atoms with Gasteiger partial charge in [-0.25, -0.2) is 4.98 Å². The average molecular weight is 283 g/mol. The average Bonchev–Trinajstić information content (AvgIpc) is 2.55. The second-order valence-corrected chi connectivity index (χ2v) is 4.75. The molecule has 0 fully saturated rings. The topological polar surface area (TPSA) is 45.2 Å². The lowest BCUT2D eigenvalue weighted by Crippen LogP contribution is -2.24. The second kappa shape index (κ2) is 7.43. The first-order valence-corrected chi connectivity index (χ1v) is 7.27. The smallest absolute Gasteiger partial charge is 0.251 e. The van der Waals surface area contributed by atoms with Gasteiger partial charge < -0.3 is 10.2 Å². The van der Waals surface area contributed by atoms with Gasteiger partial charge in [-0.1, -0.05) is 24.3 Å². The second-order valence-electron chi connectivity index (χ2n) is 4.75. The molecule has 1 N–H and O–H groups in total. The molecule has 0 bridgehead atoms. The van der Waals surface area contributed by atoms with E-state index in [0.717, 1.165) is 24.5 Å². The molecule has 0 aliphatic rings. The molecule has 0 spiro atoms. The third-order valence-corrected chi connectivity index (χ3v) is 3.39. The monoisotopic (exact) mass is 283 g/mol. The first-order valence-electron chi connectivity index (χ1n) is 7.27. The molecule has 0 saturated carbocycles. The minimum atomic E-state index is -0.0663. The van der Waals surface area contributed by atoms with Gasteiger partial charge in [-0.2, -0.15) is 0 Å². The normalized spacial score (nSPS) is 10.2. The fourth-order valence-corrected chi connectivity index (χ4v) is 2.13. The first kappa shape index (κ1) is 15.0. The van der Waals surface area contributed by atoms with Crippen molar-refractivity contribution in [3.63, 3.8) is 0 Å². The Hall–Kier alpha value is -2.36. The molecule has 4 nitrogen and oxygen atoms in total. The van der Waals surface area contributed by atoms with E-state index < -0.39 is 0 Å². The number of aromatic nitrogens is 1. The maximum absolute atomic E-state index is 11.9. The number of anilines is 1. The number of pyridine rings is 1. The summed E-state index contributed by atoms with van der Waals surface area (Å²) in [7, 11) is 0. The van der Waals surface area contributed by atoms with E-state index in [1.807, 2.05) is 36.5 Å². The van der Waals surface area contributed by atoms with Crippen molar-refractivity contribution in [2.75, 3.05) is 18.0 Å². The van der Waals surface area contributed by atoms with Crippen molar-refractivity contribution in [1.82, 2.24) is 10.3 Å². The van der Waals surface area contributed by atoms with Crippen LogP contribution in [0.3, 0.4) is 0 Å². The maximum atomic E-state index is 11.9. The summed E-state index contributed by atoms with van der Waals surface area (Å²) < 4.78 is 0. The van der Waals surface area contributed by atoms with Gasteiger partial charge in [0.1, 0.15) is 5.82 Å². The lowest BCUT2D eigenvalue weighted by molar-refractivity contribution is 0.0951. The lowest BCUT2D eigenvalue weighted by atomic mass is 10.2. The summed E-state index contributed by atoms with van der Waals surface area (Å²) in [6, 6.07) is 13.2. The fourth-order valence-electron chi connectivity index (χ4n) is 2.13. The number of nitrogens with one attached hydrogen (secondary N) is 1. The van der Waals surface area contributed by atoms with Gasteiger partial charge in [0.2, 0.25) is 0 Å². The van der Waals surface area contributed by atoms with E-state index in [1.54, 1.807) is 12.1 Å². The fraction of sp³-hybridized carbons (Fsp3) is 0.294. The molecule has 0 aliphatic carbocycles. The summed E-state index contributed by atoms with van der Waals surface area (Å²) in [5.74, 6) is 0.904. The SMILES string of the molecule is CCN(CC)c1ccc(CNC(=O)c2ccccc2)cn1. The number of benzene rings is 1. The molecule has 2 aromatic rings. The number of hydrogen-bond donors (Lipinski definition) is 1. The van der Waals surface area contributed by atoms with Gasteiger partial charge in [0.15, 0.2) is 0 Å². The minimum Gasteiger partial charge on any atom is -0.357 e. The molecular weight excluding hydrogens is 262 g/mol. The van der Waals surface area contributed by atoms with Crippen LogP contribution in [0.4, 0.5) is 5.82 Å². The van der Waals surface area contributed by atoms with Crippen molar-refractivity contribution in [3.8, 4) is 0 Å². The summed E-state index contributed by atoms with van der Waals surface area (Å²) in [6.07, 6.45) is 1.82. The Morgan fingerprint density at radius 3 is 2.38 bits per heavy atom. The standard InChI is InChI=1S/C17H21N3O/c1-3-20(4-2)16-11-10-14(12-18-16)13-19-17(21)15-8-6-5-7-9-15/h5-12H,3-4,13H2,1-2H3,(H,19,21). The van der Waals surface area contributed by atoms with E-state index in [4.69, 9.17) is 0 Å². The van der Waals surface area contributed by atoms with Gasteiger partial charge in [-0.3, -0.25) is 4.79 Å². The molecule has 0 saturated heterocycles. The molecule has 0 radical (unpaired) electrons. The summed E-state index contributed by atoms with van der Waals surface area (Å²) in [5.41, 5.74) is 1.67. The third kappa shape index (κ3) is 4.05. The molecule has 1 heterocycles. The number of carbonyl (C=O) groups excluding carboxylic acids is 1. The molecule has 2 rings (SSSR count). The highest BCUT2D eigenvalue weighted by Crippen LogP contribution is 2.10. The van der Waals surface area contributed by atoms with Gasteiger partial charge in [-0.15, -0.1) is 0 Å². The lowest BCUT2D eigenvalue weighted by Gasteiger charge is -2.19. The Morgan fingerprint density at radius 2 is 1.81 bits per heavy atom. The van der Waals surface area contributed by atoms with Crippen LogP contribution in [-0.2, 0) is 6.54 Å². The third-order valence-electron chi connectivity index (χ3n) is 3.39. The number of amides is 1. The molecule has 1 amide bonds. The number of carbonyl (C=O) groups is 1. The molecule has 0 atom stereocenters. The molecule has 1 aromatic carbocycles. The highest BCUT2D eigenvalue weighted by atomic mass is 16.1. The highest BCUT2D eigenvalue weighted by molar-refractivity contribution is 5.94. The Kier molecular flexibility index (Phi) is 5.32. The van der Waals surface area contributed by atoms with Gasteiger partial charge in [0, 0.05) is 31.4 Å². The Labute approximate surface area is 125 Å². The van der Waals surface area contributed by atoms with Crippen molar-refractivity contribution in [2.24, 2.45) is 0 Å². The molecule has 0 aliphatic heterocycles. The van der Waals surface area contributed by atoms with Gasteiger partial charge in [0.05, 0.1) is 0 Å². The Morgan fingerprint density at radius 1 is 1.10 bits per heavy atom. The van der Waals surface area contributed by atoms with Gasteiger partial charge in [0.25, 0.3) is 5.91 Å². The van der Waals surface area contributed by atoms with E-state index in [-0.39, 0.29) is 5.91 Å². The predicted molar refractivity (Wildman–Crippen MR) is 85.4 cm³/mol. The molecule has 0 unspecified atom stereocenters. The molecular formula is C17H21N3O. The van der Waals surface area contributed by atoms with Crippen molar-refractivity contribution < 1.29 is 4.79 Å². The zero-order valence-corrected chi connectivity index (χ0v) is 12.5. The summed E-state index contributed by atoms with van der Waals surface area (Å²) in [5, 5.41) is 2.90. The Bertz CT molecular complexity index is 562. The predicted octanol–water partition coefficient (Wildman–Crippen LogP) is 2.86. The number of rotatable bonds is 6. The van der Waals surface area contributed by atoms with Crippen LogP contribution in [0.15, 0.2) is 48.7 Å². The van der Waals surface area contributed by atoms with Gasteiger partial charge >= 0.3 is 0 Å². The van der Waals surface area contributed by atoms with Crippen LogP contribution in [0, 0.1) is 0 Å². The van der Waals surface area contributed by atoms with Crippen molar-refractivity contribution >= 4 is 11.7 Å². The number of nitrogens with zero attached hydrogens (tertiary/aromatic N) is 2. The number of hydrogen-bond acceptors (Lipinski definition) is 3. The summed E-state index contributed by atoms with van der Waals surface area (Å²) >= 11 is 0. The molecule has 110 valence electrons. The van der Waals surface area contributed by atoms with E-state index >= 15 is 0 Å². The zero-order chi connectivity index (χ0) is 15.1.